The van der Waals surface area contributed by atoms with Gasteiger partial charge in [0.15, 0.2) is 0 Å². The first-order valence-corrected chi connectivity index (χ1v) is 8.20. The summed E-state index contributed by atoms with van der Waals surface area (Å²) >= 11 is 0. The molecule has 27 heavy (non-hydrogen) atoms. The Morgan fingerprint density at radius 2 is 1.74 bits per heavy atom. The van der Waals surface area contributed by atoms with Gasteiger partial charge in [0.2, 0.25) is 0 Å². The summed E-state index contributed by atoms with van der Waals surface area (Å²) in [5, 5.41) is 12.8. The normalized spacial score (nSPS) is 17.7. The molecular weight excluding hydrogens is 357 g/mol. The van der Waals surface area contributed by atoms with E-state index in [1.54, 1.807) is 38.2 Å². The summed E-state index contributed by atoms with van der Waals surface area (Å²) in [6, 6.07) is 9.85. The summed E-state index contributed by atoms with van der Waals surface area (Å²) in [6.07, 6.45) is -2.87. The molecule has 7 heteroatoms. The Kier molecular flexibility index (Phi) is 4.78. The maximum absolute atomic E-state index is 12.9. The van der Waals surface area contributed by atoms with Crippen molar-refractivity contribution in [2.45, 2.75) is 25.9 Å². The number of rotatable bonds is 3. The van der Waals surface area contributed by atoms with Gasteiger partial charge in [-0.15, -0.1) is 0 Å². The maximum atomic E-state index is 12.9. The first kappa shape index (κ1) is 18.7. The van der Waals surface area contributed by atoms with Crippen molar-refractivity contribution < 1.29 is 23.1 Å². The smallest absolute Gasteiger partial charge is 0.416 e. The van der Waals surface area contributed by atoms with Gasteiger partial charge in [-0.3, -0.25) is 4.98 Å². The van der Waals surface area contributed by atoms with E-state index >= 15 is 0 Å². The second-order valence-corrected chi connectivity index (χ2v) is 6.28. The molecule has 0 amide bonds. The van der Waals surface area contributed by atoms with E-state index in [1.165, 1.54) is 12.1 Å². The van der Waals surface area contributed by atoms with Crippen LogP contribution in [0.15, 0.2) is 65.6 Å². The Balaban J connectivity index is 2.18. The predicted octanol–water partition coefficient (Wildman–Crippen LogP) is 4.58. The number of hydrogen-bond donors (Lipinski definition) is 2. The van der Waals surface area contributed by atoms with E-state index in [2.05, 4.69) is 10.3 Å². The summed E-state index contributed by atoms with van der Waals surface area (Å²) in [5.41, 5.74) is 2.11. The molecule has 1 aliphatic heterocycles. The molecule has 1 atom stereocenters. The SMILES string of the molecule is CC1=C(C(=O)O)C(c2ccc(C(F)(F)F)cc2)C(c2ccccn2)=C(C)N1. The maximum Gasteiger partial charge on any atom is 0.416 e. The number of aromatic nitrogens is 1. The highest BCUT2D eigenvalue weighted by atomic mass is 19.4. The van der Waals surface area contributed by atoms with Gasteiger partial charge in [0.25, 0.3) is 0 Å². The number of carboxylic acid groups (broad SMARTS) is 1. The van der Waals surface area contributed by atoms with Gasteiger partial charge in [0.05, 0.1) is 16.8 Å². The van der Waals surface area contributed by atoms with E-state index in [-0.39, 0.29) is 5.57 Å². The van der Waals surface area contributed by atoms with Crippen LogP contribution in [0.2, 0.25) is 0 Å². The van der Waals surface area contributed by atoms with Gasteiger partial charge >= 0.3 is 12.1 Å². The fourth-order valence-electron chi connectivity index (χ4n) is 3.34. The Hall–Kier alpha value is -3.09. The van der Waals surface area contributed by atoms with Crippen LogP contribution in [-0.4, -0.2) is 16.1 Å². The summed E-state index contributed by atoms with van der Waals surface area (Å²) in [7, 11) is 0. The Morgan fingerprint density at radius 3 is 2.26 bits per heavy atom. The van der Waals surface area contributed by atoms with Crippen molar-refractivity contribution in [1.82, 2.24) is 10.3 Å². The zero-order valence-electron chi connectivity index (χ0n) is 14.6. The highest BCUT2D eigenvalue weighted by Crippen LogP contribution is 2.43. The summed E-state index contributed by atoms with van der Waals surface area (Å²) in [5.74, 6) is -1.87. The largest absolute Gasteiger partial charge is 0.478 e. The molecule has 0 saturated carbocycles. The molecule has 140 valence electrons. The molecule has 0 bridgehead atoms. The number of pyridine rings is 1. The average Bonchev–Trinajstić information content (AvgIpc) is 2.61. The lowest BCUT2D eigenvalue weighted by molar-refractivity contribution is -0.137. The molecule has 0 radical (unpaired) electrons. The van der Waals surface area contributed by atoms with E-state index in [1.807, 2.05) is 0 Å². The van der Waals surface area contributed by atoms with Gasteiger partial charge in [0.1, 0.15) is 0 Å². The van der Waals surface area contributed by atoms with Crippen molar-refractivity contribution in [2.24, 2.45) is 0 Å². The van der Waals surface area contributed by atoms with Gasteiger partial charge < -0.3 is 10.4 Å². The molecular formula is C20H17F3N2O2. The van der Waals surface area contributed by atoms with Crippen LogP contribution in [0.3, 0.4) is 0 Å². The van der Waals surface area contributed by atoms with Gasteiger partial charge in [-0.05, 0) is 43.7 Å². The number of carbonyl (C=O) groups is 1. The minimum absolute atomic E-state index is 0.0843. The van der Waals surface area contributed by atoms with E-state index in [9.17, 15) is 23.1 Å². The Bertz CT molecular complexity index is 930. The minimum Gasteiger partial charge on any atom is -0.478 e. The number of carboxylic acids is 1. The van der Waals surface area contributed by atoms with Crippen molar-refractivity contribution in [3.63, 3.8) is 0 Å². The Morgan fingerprint density at radius 1 is 1.07 bits per heavy atom. The number of allylic oxidation sites excluding steroid dienone is 3. The molecule has 0 saturated heterocycles. The highest BCUT2D eigenvalue weighted by Gasteiger charge is 2.35. The zero-order valence-corrected chi connectivity index (χ0v) is 14.6. The number of dihydropyridines is 1. The number of nitrogens with one attached hydrogen (secondary N) is 1. The molecule has 1 aliphatic rings. The topological polar surface area (TPSA) is 62.2 Å². The van der Waals surface area contributed by atoms with Crippen LogP contribution in [0.4, 0.5) is 13.2 Å². The average molecular weight is 374 g/mol. The third kappa shape index (κ3) is 3.58. The van der Waals surface area contributed by atoms with Crippen molar-refractivity contribution >= 4 is 11.5 Å². The van der Waals surface area contributed by atoms with Gasteiger partial charge in [-0.2, -0.15) is 13.2 Å². The molecule has 0 aliphatic carbocycles. The molecule has 1 aromatic heterocycles. The quantitative estimate of drug-likeness (QED) is 0.826. The number of alkyl halides is 3. The third-order valence-corrected chi connectivity index (χ3v) is 4.50. The number of nitrogens with zero attached hydrogens (tertiary/aromatic N) is 1. The van der Waals surface area contributed by atoms with Crippen LogP contribution in [0.25, 0.3) is 5.57 Å². The third-order valence-electron chi connectivity index (χ3n) is 4.50. The Labute approximate surface area is 154 Å². The summed E-state index contributed by atoms with van der Waals surface area (Å²) in [6.45, 7) is 3.43. The second-order valence-electron chi connectivity index (χ2n) is 6.28. The van der Waals surface area contributed by atoms with Crippen LogP contribution in [0, 0.1) is 0 Å². The van der Waals surface area contributed by atoms with Crippen LogP contribution in [-0.2, 0) is 11.0 Å². The van der Waals surface area contributed by atoms with Crippen molar-refractivity contribution in [3.8, 4) is 0 Å². The van der Waals surface area contributed by atoms with Crippen LogP contribution < -0.4 is 5.32 Å². The number of halogens is 3. The van der Waals surface area contributed by atoms with E-state index in [4.69, 9.17) is 0 Å². The lowest BCUT2D eigenvalue weighted by atomic mass is 9.79. The molecule has 4 nitrogen and oxygen atoms in total. The van der Waals surface area contributed by atoms with E-state index < -0.39 is 23.6 Å². The first-order valence-electron chi connectivity index (χ1n) is 8.20. The van der Waals surface area contributed by atoms with Gasteiger partial charge in [-0.1, -0.05) is 18.2 Å². The number of aliphatic carboxylic acids is 1. The number of benzene rings is 1. The van der Waals surface area contributed by atoms with Gasteiger partial charge in [-0.25, -0.2) is 4.79 Å². The lowest BCUT2D eigenvalue weighted by Crippen LogP contribution is -2.27. The molecule has 0 fully saturated rings. The first-order chi connectivity index (χ1) is 12.7. The zero-order chi connectivity index (χ0) is 19.8. The highest BCUT2D eigenvalue weighted by molar-refractivity contribution is 5.96. The van der Waals surface area contributed by atoms with Gasteiger partial charge in [0, 0.05) is 29.1 Å². The summed E-state index contributed by atoms with van der Waals surface area (Å²) in [4.78, 5) is 16.2. The fourth-order valence-corrected chi connectivity index (χ4v) is 3.34. The second kappa shape index (κ2) is 6.90. The monoisotopic (exact) mass is 374 g/mol. The standard InChI is InChI=1S/C20H17F3N2O2/c1-11-16(15-5-3-4-10-24-15)18(17(19(26)27)12(2)25-11)13-6-8-14(9-7-13)20(21,22)23/h3-10,18,25H,1-2H3,(H,26,27). The molecule has 2 N–H and O–H groups in total. The number of hydrogen-bond acceptors (Lipinski definition) is 3. The van der Waals surface area contributed by atoms with Crippen molar-refractivity contribution in [1.29, 1.82) is 0 Å². The van der Waals surface area contributed by atoms with E-state index in [0.29, 0.717) is 28.2 Å². The molecule has 2 heterocycles. The van der Waals surface area contributed by atoms with Crippen LogP contribution in [0.1, 0.15) is 36.6 Å². The molecule has 3 rings (SSSR count). The molecule has 2 aromatic rings. The minimum atomic E-state index is -4.45. The molecule has 1 unspecified atom stereocenters. The summed E-state index contributed by atoms with van der Waals surface area (Å²) < 4.78 is 38.7. The van der Waals surface area contributed by atoms with Crippen molar-refractivity contribution in [3.05, 3.63) is 82.4 Å². The molecule has 1 aromatic carbocycles. The van der Waals surface area contributed by atoms with Crippen molar-refractivity contribution in [2.75, 3.05) is 0 Å². The lowest BCUT2D eigenvalue weighted by Gasteiger charge is -2.30. The fraction of sp³-hybridized carbons (Fsp3) is 0.200. The van der Waals surface area contributed by atoms with E-state index in [0.717, 1.165) is 12.1 Å². The van der Waals surface area contributed by atoms with Crippen LogP contribution in [0.5, 0.6) is 0 Å². The van der Waals surface area contributed by atoms with Crippen LogP contribution >= 0.6 is 0 Å². The molecule has 0 spiro atoms. The predicted molar refractivity (Wildman–Crippen MR) is 94.5 cm³/mol.